The number of carboxylic acids is 1. The molecule has 0 amide bonds. The molecule has 0 saturated carbocycles. The number of aromatic nitrogens is 3. The molecule has 1 aliphatic heterocycles. The summed E-state index contributed by atoms with van der Waals surface area (Å²) in [5.41, 5.74) is 5.39. The molecule has 0 fully saturated rings. The van der Waals surface area contributed by atoms with E-state index in [1.54, 1.807) is 28.9 Å². The quantitative estimate of drug-likeness (QED) is 0.510. The van der Waals surface area contributed by atoms with Crippen LogP contribution in [0, 0.1) is 13.8 Å². The van der Waals surface area contributed by atoms with Gasteiger partial charge in [-0.2, -0.15) is 10.1 Å². The fourth-order valence-electron chi connectivity index (χ4n) is 3.88. The van der Waals surface area contributed by atoms with Gasteiger partial charge in [-0.1, -0.05) is 36.4 Å². The normalized spacial score (nSPS) is 14.2. The molecule has 32 heavy (non-hydrogen) atoms. The monoisotopic (exact) mass is 424 g/mol. The van der Waals surface area contributed by atoms with Crippen molar-refractivity contribution < 1.29 is 9.90 Å². The first-order chi connectivity index (χ1) is 15.4. The summed E-state index contributed by atoms with van der Waals surface area (Å²) in [5, 5.41) is 17.4. The fourth-order valence-corrected chi connectivity index (χ4v) is 3.88. The average Bonchev–Trinajstić information content (AvgIpc) is 2.80. The van der Waals surface area contributed by atoms with Gasteiger partial charge in [0.25, 0.3) is 5.56 Å². The summed E-state index contributed by atoms with van der Waals surface area (Å²) in [6.07, 6.45) is -0.457. The zero-order chi connectivity index (χ0) is 22.4. The van der Waals surface area contributed by atoms with Crippen LogP contribution in [0.15, 0.2) is 71.5 Å². The van der Waals surface area contributed by atoms with E-state index in [4.69, 9.17) is 5.10 Å². The van der Waals surface area contributed by atoms with E-state index < -0.39 is 17.7 Å². The smallest absolute Gasteiger partial charge is 0.335 e. The van der Waals surface area contributed by atoms with Gasteiger partial charge in [-0.25, -0.2) is 9.48 Å². The highest BCUT2D eigenvalue weighted by molar-refractivity contribution is 5.87. The summed E-state index contributed by atoms with van der Waals surface area (Å²) in [7, 11) is 0. The van der Waals surface area contributed by atoms with Crippen LogP contribution < -0.4 is 10.9 Å². The zero-order valence-electron chi connectivity index (χ0n) is 17.5. The summed E-state index contributed by atoms with van der Waals surface area (Å²) in [6, 6.07) is 20.0. The lowest BCUT2D eigenvalue weighted by Gasteiger charge is -2.30. The predicted octanol–water partition coefficient (Wildman–Crippen LogP) is 4.26. The van der Waals surface area contributed by atoms with E-state index in [2.05, 4.69) is 10.3 Å². The maximum atomic E-state index is 13.0. The molecule has 7 heteroatoms. The number of carbonyl (C=O) groups is 1. The minimum absolute atomic E-state index is 0.201. The lowest BCUT2D eigenvalue weighted by Crippen LogP contribution is -2.32. The number of hydrogen-bond donors (Lipinski definition) is 2. The van der Waals surface area contributed by atoms with Gasteiger partial charge in [-0.05, 0) is 60.9 Å². The van der Waals surface area contributed by atoms with Gasteiger partial charge in [0.2, 0.25) is 0 Å². The van der Waals surface area contributed by atoms with Gasteiger partial charge in [0, 0.05) is 16.8 Å². The lowest BCUT2D eigenvalue weighted by atomic mass is 10.0. The van der Waals surface area contributed by atoms with Crippen molar-refractivity contribution in [1.29, 1.82) is 0 Å². The van der Waals surface area contributed by atoms with Gasteiger partial charge in [-0.15, -0.1) is 0 Å². The Kier molecular flexibility index (Phi) is 4.59. The highest BCUT2D eigenvalue weighted by Gasteiger charge is 2.28. The van der Waals surface area contributed by atoms with Gasteiger partial charge in [-0.3, -0.25) is 4.79 Å². The minimum atomic E-state index is -0.987. The summed E-state index contributed by atoms with van der Waals surface area (Å²) in [4.78, 5) is 28.7. The minimum Gasteiger partial charge on any atom is -0.478 e. The Morgan fingerprint density at radius 2 is 1.75 bits per heavy atom. The molecule has 1 atom stereocenters. The first kappa shape index (κ1) is 19.7. The highest BCUT2D eigenvalue weighted by atomic mass is 16.4. The molecular formula is C25H20N4O3. The third kappa shape index (κ3) is 3.24. The molecule has 0 saturated heterocycles. The van der Waals surface area contributed by atoms with Crippen molar-refractivity contribution in [2.24, 2.45) is 0 Å². The Bertz CT molecular complexity index is 1420. The van der Waals surface area contributed by atoms with Crippen molar-refractivity contribution in [2.75, 3.05) is 5.32 Å². The lowest BCUT2D eigenvalue weighted by molar-refractivity contribution is 0.0697. The van der Waals surface area contributed by atoms with Gasteiger partial charge in [0.05, 0.1) is 5.56 Å². The molecule has 0 bridgehead atoms. The summed E-state index contributed by atoms with van der Waals surface area (Å²) >= 11 is 0. The first-order valence-electron chi connectivity index (χ1n) is 10.2. The molecule has 1 aromatic heterocycles. The molecule has 0 spiro atoms. The van der Waals surface area contributed by atoms with Crippen molar-refractivity contribution in [2.45, 2.75) is 20.0 Å². The molecule has 2 heterocycles. The Labute approximate surface area is 184 Å². The van der Waals surface area contributed by atoms with Crippen LogP contribution in [0.4, 0.5) is 5.69 Å². The Hall–Kier alpha value is -4.26. The van der Waals surface area contributed by atoms with E-state index >= 15 is 0 Å². The number of aryl methyl sites for hydroxylation is 2. The van der Waals surface area contributed by atoms with E-state index in [0.717, 1.165) is 27.9 Å². The average molecular weight is 424 g/mol. The summed E-state index contributed by atoms with van der Waals surface area (Å²) in [6.45, 7) is 4.01. The second-order valence-electron chi connectivity index (χ2n) is 7.85. The van der Waals surface area contributed by atoms with E-state index in [1.165, 1.54) is 0 Å². The van der Waals surface area contributed by atoms with Crippen LogP contribution >= 0.6 is 0 Å². The second kappa shape index (κ2) is 7.46. The van der Waals surface area contributed by atoms with Crippen LogP contribution in [0.1, 0.15) is 33.2 Å². The topological polar surface area (TPSA) is 97.1 Å². The molecule has 7 nitrogen and oxygen atoms in total. The van der Waals surface area contributed by atoms with Crippen molar-refractivity contribution in [3.8, 4) is 22.6 Å². The third-order valence-electron chi connectivity index (χ3n) is 5.79. The standard InChI is InChI=1S/C25H20N4O3/c1-14-7-8-18(13-15(14)2)21-24(30)27-23-19-5-3-4-6-20(19)26-22(29(23)28-21)16-9-11-17(12-10-16)25(31)32/h3-13,22,26H,1-2H3,(H,31,32). The Balaban J connectivity index is 1.71. The number of fused-ring (bicyclic) bond motifs is 3. The number of hydrogen-bond acceptors (Lipinski definition) is 5. The number of rotatable bonds is 3. The molecule has 158 valence electrons. The first-order valence-corrected chi connectivity index (χ1v) is 10.2. The molecule has 1 aliphatic rings. The Morgan fingerprint density at radius 1 is 1.00 bits per heavy atom. The summed E-state index contributed by atoms with van der Waals surface area (Å²) < 4.78 is 1.70. The van der Waals surface area contributed by atoms with Crippen molar-refractivity contribution in [3.63, 3.8) is 0 Å². The molecule has 5 rings (SSSR count). The van der Waals surface area contributed by atoms with Gasteiger partial charge in [0.15, 0.2) is 11.5 Å². The van der Waals surface area contributed by atoms with E-state index in [1.807, 2.05) is 56.3 Å². The van der Waals surface area contributed by atoms with E-state index in [0.29, 0.717) is 11.4 Å². The van der Waals surface area contributed by atoms with Crippen LogP contribution in [0.3, 0.4) is 0 Å². The molecular weight excluding hydrogens is 404 g/mol. The number of benzene rings is 3. The van der Waals surface area contributed by atoms with Crippen molar-refractivity contribution in [3.05, 3.63) is 99.3 Å². The number of aromatic carboxylic acids is 1. The maximum Gasteiger partial charge on any atom is 0.335 e. The molecule has 0 aliphatic carbocycles. The molecule has 4 aromatic rings. The van der Waals surface area contributed by atoms with Gasteiger partial charge < -0.3 is 10.4 Å². The third-order valence-corrected chi connectivity index (χ3v) is 5.79. The Morgan fingerprint density at radius 3 is 2.47 bits per heavy atom. The van der Waals surface area contributed by atoms with Crippen molar-refractivity contribution in [1.82, 2.24) is 14.8 Å². The molecule has 1 unspecified atom stereocenters. The largest absolute Gasteiger partial charge is 0.478 e. The van der Waals surface area contributed by atoms with Crippen LogP contribution in [-0.2, 0) is 0 Å². The molecule has 2 N–H and O–H groups in total. The number of carboxylic acid groups (broad SMARTS) is 1. The SMILES string of the molecule is Cc1ccc(-c2nn3c(nc2=O)-c2ccccc2NC3c2ccc(C(=O)O)cc2)cc1C. The molecule has 0 radical (unpaired) electrons. The molecule has 3 aromatic carbocycles. The number of para-hydroxylation sites is 1. The fraction of sp³-hybridized carbons (Fsp3) is 0.120. The zero-order valence-corrected chi connectivity index (χ0v) is 17.5. The highest BCUT2D eigenvalue weighted by Crippen LogP contribution is 2.36. The van der Waals surface area contributed by atoms with E-state index in [9.17, 15) is 14.7 Å². The van der Waals surface area contributed by atoms with Crippen LogP contribution in [0.5, 0.6) is 0 Å². The predicted molar refractivity (Wildman–Crippen MR) is 122 cm³/mol. The van der Waals surface area contributed by atoms with E-state index in [-0.39, 0.29) is 11.3 Å². The van der Waals surface area contributed by atoms with Crippen LogP contribution in [-0.4, -0.2) is 25.8 Å². The van der Waals surface area contributed by atoms with Crippen molar-refractivity contribution >= 4 is 11.7 Å². The van der Waals surface area contributed by atoms with Gasteiger partial charge in [0.1, 0.15) is 6.17 Å². The van der Waals surface area contributed by atoms with Crippen LogP contribution in [0.25, 0.3) is 22.6 Å². The van der Waals surface area contributed by atoms with Gasteiger partial charge >= 0.3 is 5.97 Å². The van der Waals surface area contributed by atoms with Crippen LogP contribution in [0.2, 0.25) is 0 Å². The number of nitrogens with zero attached hydrogens (tertiary/aromatic N) is 3. The number of nitrogens with one attached hydrogen (secondary N) is 1. The summed E-state index contributed by atoms with van der Waals surface area (Å²) in [5.74, 6) is -0.524. The maximum absolute atomic E-state index is 13.0. The second-order valence-corrected chi connectivity index (χ2v) is 7.85. The number of anilines is 1.